The van der Waals surface area contributed by atoms with E-state index in [-0.39, 0.29) is 19.1 Å². The monoisotopic (exact) mass is 329 g/mol. The van der Waals surface area contributed by atoms with Crippen molar-refractivity contribution in [1.29, 1.82) is 0 Å². The molecule has 1 unspecified atom stereocenters. The fourth-order valence-electron chi connectivity index (χ4n) is 1.06. The maximum Gasteiger partial charge on any atom is 0.238 e. The molecule has 1 aromatic carbocycles. The number of rotatable bonds is 4. The van der Waals surface area contributed by atoms with E-state index in [1.54, 1.807) is 6.92 Å². The van der Waals surface area contributed by atoms with E-state index in [4.69, 9.17) is 16.3 Å². The Labute approximate surface area is 120 Å². The first-order chi connectivity index (χ1) is 8.59. The fraction of sp³-hybridized carbons (Fsp3) is 0.308. The van der Waals surface area contributed by atoms with Crippen molar-refractivity contribution in [2.45, 2.75) is 12.3 Å². The molecule has 0 aliphatic carbocycles. The number of carbonyl (C=O) groups is 1. The van der Waals surface area contributed by atoms with Crippen molar-refractivity contribution < 1.29 is 9.53 Å². The van der Waals surface area contributed by atoms with Crippen molar-refractivity contribution in [3.05, 3.63) is 28.7 Å². The molecule has 0 aliphatic rings. The maximum absolute atomic E-state index is 11.1. The first-order valence-electron chi connectivity index (χ1n) is 5.35. The van der Waals surface area contributed by atoms with Crippen LogP contribution < -0.4 is 10.1 Å². The van der Waals surface area contributed by atoms with Crippen LogP contribution in [0.15, 0.2) is 28.7 Å². The third-order valence-electron chi connectivity index (χ3n) is 1.94. The lowest BCUT2D eigenvalue weighted by molar-refractivity contribution is -0.120. The van der Waals surface area contributed by atoms with Crippen molar-refractivity contribution in [3.8, 4) is 17.6 Å². The molecule has 1 aromatic rings. The molecule has 1 rings (SSSR count). The summed E-state index contributed by atoms with van der Waals surface area (Å²) in [7, 11) is 0. The fourth-order valence-corrected chi connectivity index (χ4v) is 1.52. The quantitative estimate of drug-likeness (QED) is 0.681. The highest BCUT2D eigenvalue weighted by Crippen LogP contribution is 2.17. The zero-order valence-corrected chi connectivity index (χ0v) is 12.2. The highest BCUT2D eigenvalue weighted by Gasteiger charge is 2.05. The second-order valence-electron chi connectivity index (χ2n) is 3.43. The zero-order valence-electron chi connectivity index (χ0n) is 9.87. The Kier molecular flexibility index (Phi) is 6.63. The van der Waals surface area contributed by atoms with Crippen LogP contribution in [0.2, 0.25) is 0 Å². The molecule has 0 saturated heterocycles. The van der Waals surface area contributed by atoms with Gasteiger partial charge < -0.3 is 10.1 Å². The molecular formula is C13H13BrClNO2. The number of halogens is 2. The smallest absolute Gasteiger partial charge is 0.238 e. The van der Waals surface area contributed by atoms with Crippen LogP contribution in [0.4, 0.5) is 0 Å². The third kappa shape index (κ3) is 5.95. The van der Waals surface area contributed by atoms with E-state index < -0.39 is 5.38 Å². The molecule has 0 aromatic heterocycles. The first-order valence-corrected chi connectivity index (χ1v) is 6.58. The summed E-state index contributed by atoms with van der Waals surface area (Å²) in [6, 6.07) is 7.51. The van der Waals surface area contributed by atoms with Gasteiger partial charge in [-0.15, -0.1) is 11.6 Å². The van der Waals surface area contributed by atoms with Crippen molar-refractivity contribution in [3.63, 3.8) is 0 Å². The molecule has 1 N–H and O–H groups in total. The number of carbonyl (C=O) groups excluding carboxylic acids is 1. The number of hydrogen-bond donors (Lipinski definition) is 1. The van der Waals surface area contributed by atoms with Gasteiger partial charge in [-0.25, -0.2) is 0 Å². The van der Waals surface area contributed by atoms with E-state index in [1.165, 1.54) is 0 Å². The molecule has 0 bridgehead atoms. The standard InChI is InChI=1S/C13H13BrClNO2/c1-10(15)13(17)16-7-2-3-8-18-12-6-4-5-11(14)9-12/h4-6,9-10H,7-8H2,1H3,(H,16,17). The van der Waals surface area contributed by atoms with Crippen LogP contribution in [-0.4, -0.2) is 24.4 Å². The predicted octanol–water partition coefficient (Wildman–Crippen LogP) is 2.57. The lowest BCUT2D eigenvalue weighted by Gasteiger charge is -2.02. The van der Waals surface area contributed by atoms with Crippen LogP contribution in [0.1, 0.15) is 6.92 Å². The van der Waals surface area contributed by atoms with Gasteiger partial charge in [0, 0.05) is 4.47 Å². The second-order valence-corrected chi connectivity index (χ2v) is 5.00. The summed E-state index contributed by atoms with van der Waals surface area (Å²) >= 11 is 8.92. The van der Waals surface area contributed by atoms with Gasteiger partial charge in [-0.05, 0) is 25.1 Å². The van der Waals surface area contributed by atoms with E-state index in [0.717, 1.165) is 10.2 Å². The van der Waals surface area contributed by atoms with Gasteiger partial charge in [0.25, 0.3) is 0 Å². The lowest BCUT2D eigenvalue weighted by atomic mass is 10.3. The number of ether oxygens (including phenoxy) is 1. The van der Waals surface area contributed by atoms with Crippen LogP contribution in [0.25, 0.3) is 0 Å². The summed E-state index contributed by atoms with van der Waals surface area (Å²) in [6.45, 7) is 2.17. The van der Waals surface area contributed by atoms with Crippen molar-refractivity contribution in [1.82, 2.24) is 5.32 Å². The van der Waals surface area contributed by atoms with E-state index in [0.29, 0.717) is 0 Å². The SMILES string of the molecule is CC(Cl)C(=O)NCC#CCOc1cccc(Br)c1. The Hall–Kier alpha value is -1.18. The minimum Gasteiger partial charge on any atom is -0.481 e. The van der Waals surface area contributed by atoms with E-state index in [9.17, 15) is 4.79 Å². The molecule has 3 nitrogen and oxygen atoms in total. The molecule has 0 spiro atoms. The van der Waals surface area contributed by atoms with E-state index in [2.05, 4.69) is 33.1 Å². The van der Waals surface area contributed by atoms with Gasteiger partial charge in [0.2, 0.25) is 5.91 Å². The molecule has 0 heterocycles. The van der Waals surface area contributed by atoms with Gasteiger partial charge in [-0.3, -0.25) is 4.79 Å². The van der Waals surface area contributed by atoms with E-state index in [1.807, 2.05) is 24.3 Å². The summed E-state index contributed by atoms with van der Waals surface area (Å²) in [4.78, 5) is 11.1. The van der Waals surface area contributed by atoms with Gasteiger partial charge in [-0.1, -0.05) is 33.8 Å². The predicted molar refractivity (Wildman–Crippen MR) is 75.7 cm³/mol. The number of alkyl halides is 1. The van der Waals surface area contributed by atoms with Gasteiger partial charge in [0.15, 0.2) is 0 Å². The zero-order chi connectivity index (χ0) is 13.4. The number of nitrogens with one attached hydrogen (secondary N) is 1. The maximum atomic E-state index is 11.1. The summed E-state index contributed by atoms with van der Waals surface area (Å²) < 4.78 is 6.35. The molecule has 1 atom stereocenters. The van der Waals surface area contributed by atoms with Crippen LogP contribution in [0, 0.1) is 11.8 Å². The highest BCUT2D eigenvalue weighted by molar-refractivity contribution is 9.10. The molecule has 0 fully saturated rings. The highest BCUT2D eigenvalue weighted by atomic mass is 79.9. The summed E-state index contributed by atoms with van der Waals surface area (Å²) in [5.74, 6) is 6.11. The topological polar surface area (TPSA) is 38.3 Å². The van der Waals surface area contributed by atoms with Gasteiger partial charge >= 0.3 is 0 Å². The van der Waals surface area contributed by atoms with Crippen LogP contribution in [0.3, 0.4) is 0 Å². The first kappa shape index (κ1) is 14.9. The summed E-state index contributed by atoms with van der Waals surface area (Å²) in [5, 5.41) is 2.05. The lowest BCUT2D eigenvalue weighted by Crippen LogP contribution is -2.29. The number of benzene rings is 1. The van der Waals surface area contributed by atoms with E-state index >= 15 is 0 Å². The molecule has 18 heavy (non-hydrogen) atoms. The van der Waals surface area contributed by atoms with Gasteiger partial charge in [0.1, 0.15) is 17.7 Å². The van der Waals surface area contributed by atoms with Crippen LogP contribution in [-0.2, 0) is 4.79 Å². The molecule has 0 aliphatic heterocycles. The van der Waals surface area contributed by atoms with Crippen molar-refractivity contribution >= 4 is 33.4 Å². The average Bonchev–Trinajstić information content (AvgIpc) is 2.33. The molecule has 5 heteroatoms. The Morgan fingerprint density at radius 1 is 1.56 bits per heavy atom. The Balaban J connectivity index is 2.24. The summed E-state index contributed by atoms with van der Waals surface area (Å²) in [6.07, 6.45) is 0. The Bertz CT molecular complexity index is 466. The Morgan fingerprint density at radius 3 is 3.00 bits per heavy atom. The number of hydrogen-bond acceptors (Lipinski definition) is 2. The average molecular weight is 331 g/mol. The molecule has 0 radical (unpaired) electrons. The largest absolute Gasteiger partial charge is 0.481 e. The normalized spacial score (nSPS) is 11.1. The molecular weight excluding hydrogens is 318 g/mol. The molecule has 0 saturated carbocycles. The van der Waals surface area contributed by atoms with Crippen molar-refractivity contribution in [2.75, 3.05) is 13.2 Å². The van der Waals surface area contributed by atoms with Crippen molar-refractivity contribution in [2.24, 2.45) is 0 Å². The summed E-state index contributed by atoms with van der Waals surface area (Å²) in [5.41, 5.74) is 0. The van der Waals surface area contributed by atoms with Crippen LogP contribution in [0.5, 0.6) is 5.75 Å². The second kappa shape index (κ2) is 8.02. The molecule has 1 amide bonds. The van der Waals surface area contributed by atoms with Gasteiger partial charge in [0.05, 0.1) is 6.54 Å². The Morgan fingerprint density at radius 2 is 2.33 bits per heavy atom. The third-order valence-corrected chi connectivity index (χ3v) is 2.64. The minimum atomic E-state index is -0.537. The van der Waals surface area contributed by atoms with Crippen LogP contribution >= 0.6 is 27.5 Å². The molecule has 96 valence electrons. The number of amides is 1. The minimum absolute atomic E-state index is 0.223. The van der Waals surface area contributed by atoms with Gasteiger partial charge in [-0.2, -0.15) is 0 Å².